The molecule has 18 heavy (non-hydrogen) atoms. The molecule has 0 saturated heterocycles. The fourth-order valence-corrected chi connectivity index (χ4v) is 2.55. The Hall–Kier alpha value is -1.27. The molecular weight excluding hydrogens is 299 g/mol. The number of likely N-dealkylation sites (N-methyl/N-ethyl adjacent to an activating group) is 1. The summed E-state index contributed by atoms with van der Waals surface area (Å²) in [6.45, 7) is 0. The maximum absolute atomic E-state index is 13.2. The summed E-state index contributed by atoms with van der Waals surface area (Å²) >= 11 is 3.38. The molecule has 2 aromatic rings. The fraction of sp³-hybridized carbons (Fsp3) is 0.333. The van der Waals surface area contributed by atoms with Gasteiger partial charge in [-0.1, -0.05) is 17.3 Å². The van der Waals surface area contributed by atoms with Crippen molar-refractivity contribution in [2.75, 3.05) is 7.05 Å². The van der Waals surface area contributed by atoms with E-state index in [1.807, 2.05) is 20.2 Å². The van der Waals surface area contributed by atoms with Crippen LogP contribution in [0.3, 0.4) is 0 Å². The molecule has 0 aliphatic carbocycles. The van der Waals surface area contributed by atoms with E-state index in [0.717, 1.165) is 11.3 Å². The first-order valence-corrected chi connectivity index (χ1v) is 6.38. The number of rotatable bonds is 4. The second-order valence-electron chi connectivity index (χ2n) is 4.06. The number of hydrogen-bond acceptors (Lipinski definition) is 3. The number of hydrogen-bond donors (Lipinski definition) is 1. The Morgan fingerprint density at radius 2 is 2.28 bits per heavy atom. The maximum Gasteiger partial charge on any atom is 0.153 e. The molecule has 4 nitrogen and oxygen atoms in total. The van der Waals surface area contributed by atoms with Crippen LogP contribution in [0.2, 0.25) is 0 Å². The summed E-state index contributed by atoms with van der Waals surface area (Å²) < 4.78 is 15.6. The van der Waals surface area contributed by atoms with Crippen molar-refractivity contribution in [2.45, 2.75) is 12.5 Å². The van der Waals surface area contributed by atoms with Gasteiger partial charge in [0.05, 0.1) is 11.7 Å². The Morgan fingerprint density at radius 1 is 1.50 bits per heavy atom. The smallest absolute Gasteiger partial charge is 0.153 e. The number of nitrogens with one attached hydrogen (secondary N) is 1. The third-order valence-electron chi connectivity index (χ3n) is 2.83. The topological polar surface area (TPSA) is 42.7 Å². The summed E-state index contributed by atoms with van der Waals surface area (Å²) in [4.78, 5) is 0. The summed E-state index contributed by atoms with van der Waals surface area (Å²) in [7, 11) is 3.70. The van der Waals surface area contributed by atoms with Crippen molar-refractivity contribution in [2.24, 2.45) is 7.05 Å². The molecule has 6 heteroatoms. The lowest BCUT2D eigenvalue weighted by Gasteiger charge is -2.16. The summed E-state index contributed by atoms with van der Waals surface area (Å²) in [5, 5.41) is 11.1. The van der Waals surface area contributed by atoms with Crippen molar-refractivity contribution in [3.63, 3.8) is 0 Å². The molecular formula is C12H14BrFN4. The molecule has 1 unspecified atom stereocenters. The molecule has 0 amide bonds. The van der Waals surface area contributed by atoms with Gasteiger partial charge < -0.3 is 5.32 Å². The Bertz CT molecular complexity index is 521. The van der Waals surface area contributed by atoms with Gasteiger partial charge in [-0.05, 0) is 47.1 Å². The highest BCUT2D eigenvalue weighted by molar-refractivity contribution is 9.10. The van der Waals surface area contributed by atoms with Crippen LogP contribution in [0, 0.1) is 5.82 Å². The van der Waals surface area contributed by atoms with Crippen molar-refractivity contribution in [1.82, 2.24) is 20.3 Å². The average molecular weight is 313 g/mol. The zero-order chi connectivity index (χ0) is 13.1. The lowest BCUT2D eigenvalue weighted by Crippen LogP contribution is -2.22. The number of benzene rings is 1. The molecule has 1 aromatic carbocycles. The van der Waals surface area contributed by atoms with E-state index >= 15 is 0 Å². The van der Waals surface area contributed by atoms with E-state index in [1.165, 1.54) is 6.07 Å². The highest BCUT2D eigenvalue weighted by Crippen LogP contribution is 2.23. The van der Waals surface area contributed by atoms with Gasteiger partial charge in [-0.15, -0.1) is 5.10 Å². The minimum absolute atomic E-state index is 0.0289. The average Bonchev–Trinajstić information content (AvgIpc) is 2.67. The molecule has 1 aromatic heterocycles. The number of aromatic nitrogens is 3. The highest BCUT2D eigenvalue weighted by atomic mass is 79.9. The highest BCUT2D eigenvalue weighted by Gasteiger charge is 2.19. The van der Waals surface area contributed by atoms with Crippen LogP contribution in [0.5, 0.6) is 0 Å². The van der Waals surface area contributed by atoms with E-state index in [1.54, 1.807) is 16.8 Å². The van der Waals surface area contributed by atoms with Gasteiger partial charge in [-0.25, -0.2) is 9.07 Å². The van der Waals surface area contributed by atoms with Crippen LogP contribution >= 0.6 is 15.9 Å². The molecule has 0 saturated carbocycles. The van der Waals surface area contributed by atoms with Crippen molar-refractivity contribution in [3.8, 4) is 0 Å². The van der Waals surface area contributed by atoms with Gasteiger partial charge in [0, 0.05) is 7.05 Å². The summed E-state index contributed by atoms with van der Waals surface area (Å²) in [5.41, 5.74) is 1.88. The van der Waals surface area contributed by atoms with Crippen molar-refractivity contribution in [3.05, 3.63) is 45.9 Å². The van der Waals surface area contributed by atoms with Crippen molar-refractivity contribution >= 4 is 15.9 Å². The zero-order valence-electron chi connectivity index (χ0n) is 10.2. The fourth-order valence-electron chi connectivity index (χ4n) is 1.94. The van der Waals surface area contributed by atoms with Crippen LogP contribution in [-0.4, -0.2) is 22.0 Å². The van der Waals surface area contributed by atoms with E-state index in [2.05, 4.69) is 31.6 Å². The molecule has 0 aliphatic rings. The molecule has 0 aliphatic heterocycles. The van der Waals surface area contributed by atoms with Crippen molar-refractivity contribution < 1.29 is 4.39 Å². The van der Waals surface area contributed by atoms with Crippen LogP contribution in [0.1, 0.15) is 17.3 Å². The van der Waals surface area contributed by atoms with Gasteiger partial charge in [0.1, 0.15) is 5.82 Å². The predicted molar refractivity (Wildman–Crippen MR) is 70.6 cm³/mol. The van der Waals surface area contributed by atoms with Gasteiger partial charge in [-0.2, -0.15) is 0 Å². The molecule has 2 rings (SSSR count). The molecule has 1 atom stereocenters. The second kappa shape index (κ2) is 5.58. The minimum Gasteiger partial charge on any atom is -0.311 e. The quantitative estimate of drug-likeness (QED) is 0.941. The van der Waals surface area contributed by atoms with E-state index in [9.17, 15) is 4.39 Å². The normalized spacial score (nSPS) is 12.7. The first-order valence-electron chi connectivity index (χ1n) is 5.58. The van der Waals surface area contributed by atoms with Crippen LogP contribution < -0.4 is 5.32 Å². The molecule has 96 valence electrons. The Kier molecular flexibility index (Phi) is 4.08. The van der Waals surface area contributed by atoms with Crippen LogP contribution in [0.25, 0.3) is 0 Å². The van der Waals surface area contributed by atoms with Crippen molar-refractivity contribution in [1.29, 1.82) is 0 Å². The lowest BCUT2D eigenvalue weighted by atomic mass is 10.0. The largest absolute Gasteiger partial charge is 0.311 e. The van der Waals surface area contributed by atoms with Gasteiger partial charge >= 0.3 is 0 Å². The van der Waals surface area contributed by atoms with Gasteiger partial charge in [0.15, 0.2) is 4.60 Å². The molecule has 1 heterocycles. The maximum atomic E-state index is 13.2. The van der Waals surface area contributed by atoms with Crippen LogP contribution in [0.4, 0.5) is 4.39 Å². The number of aryl methyl sites for hydroxylation is 1. The zero-order valence-corrected chi connectivity index (χ0v) is 11.8. The monoisotopic (exact) mass is 312 g/mol. The molecule has 0 fully saturated rings. The lowest BCUT2D eigenvalue weighted by molar-refractivity contribution is 0.531. The minimum atomic E-state index is -0.218. The van der Waals surface area contributed by atoms with E-state index in [0.29, 0.717) is 11.0 Å². The van der Waals surface area contributed by atoms with Gasteiger partial charge in [0.2, 0.25) is 0 Å². The number of halogens is 2. The Labute approximate surface area is 113 Å². The summed E-state index contributed by atoms with van der Waals surface area (Å²) in [6.07, 6.45) is 0.675. The van der Waals surface area contributed by atoms with Crippen LogP contribution in [0.15, 0.2) is 28.9 Å². The van der Waals surface area contributed by atoms with Crippen LogP contribution in [-0.2, 0) is 13.5 Å². The molecule has 0 spiro atoms. The Balaban J connectivity index is 2.25. The first-order chi connectivity index (χ1) is 8.61. The molecule has 1 N–H and O–H groups in total. The Morgan fingerprint density at radius 3 is 2.83 bits per heavy atom. The predicted octanol–water partition coefficient (Wildman–Crippen LogP) is 2.22. The van der Waals surface area contributed by atoms with Gasteiger partial charge in [-0.3, -0.25) is 0 Å². The summed E-state index contributed by atoms with van der Waals surface area (Å²) in [5.74, 6) is -0.218. The summed E-state index contributed by atoms with van der Waals surface area (Å²) in [6, 6.07) is 6.64. The molecule has 0 radical (unpaired) electrons. The molecule has 0 bridgehead atoms. The van der Waals surface area contributed by atoms with E-state index < -0.39 is 0 Å². The van der Waals surface area contributed by atoms with E-state index in [-0.39, 0.29) is 11.9 Å². The van der Waals surface area contributed by atoms with Gasteiger partial charge in [0.25, 0.3) is 0 Å². The van der Waals surface area contributed by atoms with E-state index in [4.69, 9.17) is 0 Å². The third-order valence-corrected chi connectivity index (χ3v) is 3.40. The SMILES string of the molecule is CNC(Cc1cccc(F)c1)c1c(Br)nnn1C. The second-order valence-corrected chi connectivity index (χ2v) is 4.82. The standard InChI is InChI=1S/C12H14BrFN4/c1-15-10(11-12(13)16-17-18(11)2)7-8-4-3-5-9(14)6-8/h3-6,10,15H,7H2,1-2H3. The number of nitrogens with zero attached hydrogens (tertiary/aromatic N) is 3. The first kappa shape index (κ1) is 13.2. The third kappa shape index (κ3) is 2.76.